The quantitative estimate of drug-likeness (QED) is 0.556. The van der Waals surface area contributed by atoms with Gasteiger partial charge in [-0.25, -0.2) is 4.79 Å². The van der Waals surface area contributed by atoms with Gasteiger partial charge in [0.2, 0.25) is 0 Å². The van der Waals surface area contributed by atoms with Crippen LogP contribution in [0.4, 0.5) is 0 Å². The first-order chi connectivity index (χ1) is 15.0. The molecule has 5 rings (SSSR count). The number of esters is 1. The number of ether oxygens (including phenoxy) is 1. The van der Waals surface area contributed by atoms with Gasteiger partial charge in [-0.05, 0) is 50.5 Å². The van der Waals surface area contributed by atoms with Crippen LogP contribution in [0.15, 0.2) is 58.7 Å². The molecule has 0 saturated heterocycles. The number of rotatable bonds is 3. The monoisotopic (exact) mass is 414 g/mol. The van der Waals surface area contributed by atoms with Crippen LogP contribution < -0.4 is 0 Å². The van der Waals surface area contributed by atoms with Gasteiger partial charge in [0.05, 0.1) is 18.6 Å². The van der Waals surface area contributed by atoms with Crippen LogP contribution >= 0.6 is 0 Å². The van der Waals surface area contributed by atoms with Crippen molar-refractivity contribution in [2.75, 3.05) is 7.11 Å². The van der Waals surface area contributed by atoms with Crippen LogP contribution in [0.3, 0.4) is 0 Å². The second-order valence-corrected chi connectivity index (χ2v) is 8.41. The first-order valence-corrected chi connectivity index (χ1v) is 10.9. The third-order valence-electron chi connectivity index (χ3n) is 6.78. The lowest BCUT2D eigenvalue weighted by Gasteiger charge is -2.35. The zero-order valence-corrected chi connectivity index (χ0v) is 18.1. The lowest BCUT2D eigenvalue weighted by Crippen LogP contribution is -2.39. The molecule has 0 radical (unpaired) electrons. The first-order valence-electron chi connectivity index (χ1n) is 10.9. The molecule has 0 bridgehead atoms. The van der Waals surface area contributed by atoms with Gasteiger partial charge in [0.15, 0.2) is 0 Å². The second-order valence-electron chi connectivity index (χ2n) is 8.41. The molecule has 1 saturated carbocycles. The number of benzene rings is 2. The molecular weight excluding hydrogens is 388 g/mol. The number of carbonyl (C=O) groups is 2. The number of para-hydroxylation sites is 1. The smallest absolute Gasteiger partial charge is 0.336 e. The number of ketones is 1. The number of Topliss-reactive ketones (excluding diaryl/α,β-unsaturated/α-hetero) is 1. The Kier molecular flexibility index (Phi) is 4.77. The molecule has 1 fully saturated rings. The number of aliphatic imine (C=N–C) groups is 1. The van der Waals surface area contributed by atoms with Crippen molar-refractivity contribution in [3.05, 3.63) is 59.3 Å². The Morgan fingerprint density at radius 2 is 1.87 bits per heavy atom. The molecule has 2 atom stereocenters. The Labute approximate surface area is 181 Å². The second kappa shape index (κ2) is 7.49. The van der Waals surface area contributed by atoms with Crippen LogP contribution in [0.5, 0.6) is 0 Å². The standard InChI is InChI=1S/C26H26N2O3/c1-4-28-20-10-6-5-8-17(20)18-14-16(12-13-21(18)28)24-23(26(30)31-3)15(2)27-19-9-7-11-22(29)25(19)24/h5-6,8,10,12-14,24-25H,4,7,9,11H2,1-3H3/t24-,25?/m1/s1. The molecule has 3 aromatic rings. The molecule has 2 heterocycles. The number of carbonyl (C=O) groups excluding carboxylic acids is 2. The molecule has 31 heavy (non-hydrogen) atoms. The average Bonchev–Trinajstić information content (AvgIpc) is 3.10. The molecular formula is C26H26N2O3. The van der Waals surface area contributed by atoms with Crippen molar-refractivity contribution in [1.82, 2.24) is 4.57 Å². The first kappa shape index (κ1) is 19.7. The van der Waals surface area contributed by atoms with Crippen LogP contribution in [-0.4, -0.2) is 29.1 Å². The van der Waals surface area contributed by atoms with Gasteiger partial charge < -0.3 is 9.30 Å². The van der Waals surface area contributed by atoms with Crippen molar-refractivity contribution in [1.29, 1.82) is 0 Å². The minimum absolute atomic E-state index is 0.167. The van der Waals surface area contributed by atoms with Gasteiger partial charge in [-0.1, -0.05) is 24.3 Å². The summed E-state index contributed by atoms with van der Waals surface area (Å²) >= 11 is 0. The fourth-order valence-electron chi connectivity index (χ4n) is 5.46. The average molecular weight is 415 g/mol. The molecule has 1 aliphatic carbocycles. The predicted octanol–water partition coefficient (Wildman–Crippen LogP) is 5.17. The van der Waals surface area contributed by atoms with Gasteiger partial charge in [0.1, 0.15) is 5.78 Å². The topological polar surface area (TPSA) is 60.7 Å². The number of aromatic nitrogens is 1. The van der Waals surface area contributed by atoms with E-state index in [9.17, 15) is 9.59 Å². The van der Waals surface area contributed by atoms with Crippen molar-refractivity contribution in [2.45, 2.75) is 45.6 Å². The third-order valence-corrected chi connectivity index (χ3v) is 6.78. The maximum Gasteiger partial charge on any atom is 0.336 e. The summed E-state index contributed by atoms with van der Waals surface area (Å²) in [7, 11) is 1.39. The summed E-state index contributed by atoms with van der Waals surface area (Å²) in [5.74, 6) is -0.982. The van der Waals surface area contributed by atoms with Crippen molar-refractivity contribution in [3.8, 4) is 0 Å². The highest BCUT2D eigenvalue weighted by atomic mass is 16.5. The van der Waals surface area contributed by atoms with E-state index in [1.165, 1.54) is 18.0 Å². The van der Waals surface area contributed by atoms with Crippen LogP contribution in [0.2, 0.25) is 0 Å². The number of hydrogen-bond acceptors (Lipinski definition) is 4. The normalized spacial score (nSPS) is 21.4. The van der Waals surface area contributed by atoms with E-state index in [1.54, 1.807) is 0 Å². The number of allylic oxidation sites excluding steroid dienone is 1. The number of aryl methyl sites for hydroxylation is 1. The number of hydrogen-bond donors (Lipinski definition) is 0. The molecule has 0 amide bonds. The maximum atomic E-state index is 13.0. The summed E-state index contributed by atoms with van der Waals surface area (Å²) < 4.78 is 7.43. The number of nitrogens with zero attached hydrogens (tertiary/aromatic N) is 2. The summed E-state index contributed by atoms with van der Waals surface area (Å²) in [5, 5.41) is 2.32. The fourth-order valence-corrected chi connectivity index (χ4v) is 5.46. The van der Waals surface area contributed by atoms with Gasteiger partial charge in [0, 0.05) is 52.1 Å². The van der Waals surface area contributed by atoms with Crippen molar-refractivity contribution in [2.24, 2.45) is 10.9 Å². The summed E-state index contributed by atoms with van der Waals surface area (Å²) in [6.07, 6.45) is 2.16. The molecule has 2 aliphatic rings. The third kappa shape index (κ3) is 2.94. The van der Waals surface area contributed by atoms with Crippen molar-refractivity contribution < 1.29 is 14.3 Å². The van der Waals surface area contributed by atoms with E-state index >= 15 is 0 Å². The number of methoxy groups -OCH3 is 1. The van der Waals surface area contributed by atoms with E-state index < -0.39 is 5.97 Å². The van der Waals surface area contributed by atoms with Gasteiger partial charge >= 0.3 is 5.97 Å². The highest BCUT2D eigenvalue weighted by Crippen LogP contribution is 2.44. The Morgan fingerprint density at radius 3 is 2.65 bits per heavy atom. The lowest BCUT2D eigenvalue weighted by molar-refractivity contribution is -0.136. The van der Waals surface area contributed by atoms with Gasteiger partial charge in [-0.15, -0.1) is 0 Å². The molecule has 1 aromatic heterocycles. The van der Waals surface area contributed by atoms with Gasteiger partial charge in [0.25, 0.3) is 0 Å². The largest absolute Gasteiger partial charge is 0.466 e. The van der Waals surface area contributed by atoms with E-state index in [0.29, 0.717) is 17.7 Å². The van der Waals surface area contributed by atoms with Crippen LogP contribution in [0.1, 0.15) is 44.6 Å². The fraction of sp³-hybridized carbons (Fsp3) is 0.346. The Balaban J connectivity index is 1.76. The van der Waals surface area contributed by atoms with E-state index in [4.69, 9.17) is 4.74 Å². The van der Waals surface area contributed by atoms with Crippen molar-refractivity contribution >= 4 is 39.3 Å². The van der Waals surface area contributed by atoms with Crippen molar-refractivity contribution in [3.63, 3.8) is 0 Å². The maximum absolute atomic E-state index is 13.0. The molecule has 0 spiro atoms. The zero-order valence-electron chi connectivity index (χ0n) is 18.1. The molecule has 1 unspecified atom stereocenters. The summed E-state index contributed by atoms with van der Waals surface area (Å²) in [6, 6.07) is 14.7. The van der Waals surface area contributed by atoms with Crippen LogP contribution in [0.25, 0.3) is 21.8 Å². The minimum Gasteiger partial charge on any atom is -0.466 e. The van der Waals surface area contributed by atoms with E-state index in [-0.39, 0.29) is 17.6 Å². The molecule has 158 valence electrons. The van der Waals surface area contributed by atoms with Crippen LogP contribution in [0, 0.1) is 5.92 Å². The SMILES string of the molecule is CCn1c2ccccc2c2cc([C@@H]3C(C(=O)OC)=C(C)N=C4CCCC(=O)C43)ccc21. The molecule has 1 aliphatic heterocycles. The predicted molar refractivity (Wildman–Crippen MR) is 122 cm³/mol. The van der Waals surface area contributed by atoms with E-state index in [2.05, 4.69) is 58.9 Å². The van der Waals surface area contributed by atoms with Gasteiger partial charge in [-0.3, -0.25) is 9.79 Å². The van der Waals surface area contributed by atoms with E-state index in [1.807, 2.05) is 6.92 Å². The van der Waals surface area contributed by atoms with Crippen LogP contribution in [-0.2, 0) is 20.9 Å². The summed E-state index contributed by atoms with van der Waals surface area (Å²) in [5.41, 5.74) is 5.39. The Hall–Kier alpha value is -3.21. The summed E-state index contributed by atoms with van der Waals surface area (Å²) in [4.78, 5) is 30.5. The highest BCUT2D eigenvalue weighted by molar-refractivity contribution is 6.12. The molecule has 5 nitrogen and oxygen atoms in total. The Bertz CT molecular complexity index is 1290. The number of fused-ring (bicyclic) bond motifs is 4. The Morgan fingerprint density at radius 1 is 1.10 bits per heavy atom. The molecule has 0 N–H and O–H groups in total. The minimum atomic E-state index is -0.403. The van der Waals surface area contributed by atoms with Gasteiger partial charge in [-0.2, -0.15) is 0 Å². The zero-order chi connectivity index (χ0) is 21.7. The lowest BCUT2D eigenvalue weighted by atomic mass is 9.69. The summed E-state index contributed by atoms with van der Waals surface area (Å²) in [6.45, 7) is 4.87. The highest BCUT2D eigenvalue weighted by Gasteiger charge is 2.43. The van der Waals surface area contributed by atoms with E-state index in [0.717, 1.165) is 41.6 Å². The molecule has 2 aromatic carbocycles. The molecule has 5 heteroatoms.